The van der Waals surface area contributed by atoms with Crippen molar-refractivity contribution in [2.75, 3.05) is 29.9 Å². The van der Waals surface area contributed by atoms with E-state index in [9.17, 15) is 9.18 Å². The van der Waals surface area contributed by atoms with E-state index >= 15 is 0 Å². The van der Waals surface area contributed by atoms with Gasteiger partial charge >= 0.3 is 0 Å². The zero-order valence-corrected chi connectivity index (χ0v) is 19.5. The first kappa shape index (κ1) is 22.8. The fourth-order valence-corrected chi connectivity index (χ4v) is 4.59. The van der Waals surface area contributed by atoms with Crippen LogP contribution in [0.15, 0.2) is 84.9 Å². The Morgan fingerprint density at radius 1 is 0.943 bits per heavy atom. The average molecular weight is 470 g/mol. The number of anilines is 2. The number of benzene rings is 3. The van der Waals surface area contributed by atoms with E-state index in [-0.39, 0.29) is 18.3 Å². The molecule has 0 spiro atoms. The zero-order chi connectivity index (χ0) is 24.0. The molecule has 1 N–H and O–H groups in total. The SMILES string of the molecule is O=C(COc1cccc2ccc(N3CCC(Cc4ccccc4)CC3)nc12)Nc1ccc(F)cc1. The number of fused-ring (bicyclic) bond motifs is 1. The summed E-state index contributed by atoms with van der Waals surface area (Å²) in [5.41, 5.74) is 2.67. The summed E-state index contributed by atoms with van der Waals surface area (Å²) in [5, 5.41) is 3.67. The van der Waals surface area contributed by atoms with Crippen molar-refractivity contribution in [3.8, 4) is 5.75 Å². The summed E-state index contributed by atoms with van der Waals surface area (Å²) < 4.78 is 18.9. The number of nitrogens with one attached hydrogen (secondary N) is 1. The molecule has 0 bridgehead atoms. The van der Waals surface area contributed by atoms with Gasteiger partial charge in [-0.15, -0.1) is 0 Å². The van der Waals surface area contributed by atoms with E-state index in [1.54, 1.807) is 0 Å². The van der Waals surface area contributed by atoms with Crippen molar-refractivity contribution in [1.29, 1.82) is 0 Å². The molecule has 5 rings (SSSR count). The molecule has 0 unspecified atom stereocenters. The normalized spacial score (nSPS) is 14.1. The van der Waals surface area contributed by atoms with Crippen molar-refractivity contribution in [1.82, 2.24) is 4.98 Å². The smallest absolute Gasteiger partial charge is 0.262 e. The molecule has 1 aliphatic heterocycles. The standard InChI is InChI=1S/C29H28FN3O2/c30-24-10-12-25(13-11-24)31-28(34)20-35-26-8-4-7-23-9-14-27(32-29(23)26)33-17-15-22(16-18-33)19-21-5-2-1-3-6-21/h1-14,22H,15-20H2,(H,31,34). The number of halogens is 1. The molecule has 35 heavy (non-hydrogen) atoms. The van der Waals surface area contributed by atoms with Gasteiger partial charge in [-0.25, -0.2) is 9.37 Å². The number of piperidine rings is 1. The number of nitrogens with zero attached hydrogens (tertiary/aromatic N) is 2. The summed E-state index contributed by atoms with van der Waals surface area (Å²) >= 11 is 0. The first-order valence-corrected chi connectivity index (χ1v) is 12.0. The van der Waals surface area contributed by atoms with Crippen LogP contribution in [0.4, 0.5) is 15.9 Å². The molecule has 1 saturated heterocycles. The predicted octanol–water partition coefficient (Wildman–Crippen LogP) is 5.85. The molecule has 0 atom stereocenters. The maximum atomic E-state index is 13.1. The molecule has 0 aliphatic carbocycles. The Kier molecular flexibility index (Phi) is 6.89. The minimum Gasteiger partial charge on any atom is -0.481 e. The average Bonchev–Trinajstić information content (AvgIpc) is 2.89. The Morgan fingerprint density at radius 2 is 1.71 bits per heavy atom. The number of amides is 1. The molecular formula is C29H28FN3O2. The fraction of sp³-hybridized carbons (Fsp3) is 0.241. The number of para-hydroxylation sites is 1. The van der Waals surface area contributed by atoms with Crippen molar-refractivity contribution in [2.45, 2.75) is 19.3 Å². The van der Waals surface area contributed by atoms with Gasteiger partial charge in [-0.3, -0.25) is 4.79 Å². The first-order valence-electron chi connectivity index (χ1n) is 12.0. The molecule has 0 radical (unpaired) electrons. The lowest BCUT2D eigenvalue weighted by Gasteiger charge is -2.33. The minimum absolute atomic E-state index is 0.159. The van der Waals surface area contributed by atoms with E-state index in [2.05, 4.69) is 52.7 Å². The lowest BCUT2D eigenvalue weighted by molar-refractivity contribution is -0.118. The summed E-state index contributed by atoms with van der Waals surface area (Å²) in [5.74, 6) is 1.52. The van der Waals surface area contributed by atoms with Gasteiger partial charge in [-0.05, 0) is 73.2 Å². The van der Waals surface area contributed by atoms with Gasteiger partial charge in [0.1, 0.15) is 22.9 Å². The van der Waals surface area contributed by atoms with Crippen LogP contribution in [-0.4, -0.2) is 30.6 Å². The van der Waals surface area contributed by atoms with E-state index in [0.29, 0.717) is 17.4 Å². The van der Waals surface area contributed by atoms with Crippen LogP contribution in [0.2, 0.25) is 0 Å². The second kappa shape index (κ2) is 10.6. The summed E-state index contributed by atoms with van der Waals surface area (Å²) in [6.07, 6.45) is 3.39. The van der Waals surface area contributed by atoms with Crippen LogP contribution in [0.5, 0.6) is 5.75 Å². The van der Waals surface area contributed by atoms with Gasteiger partial charge in [0, 0.05) is 24.2 Å². The van der Waals surface area contributed by atoms with Gasteiger partial charge in [0.05, 0.1) is 0 Å². The van der Waals surface area contributed by atoms with Crippen molar-refractivity contribution >= 4 is 28.3 Å². The van der Waals surface area contributed by atoms with E-state index in [0.717, 1.165) is 49.1 Å². The summed E-state index contributed by atoms with van der Waals surface area (Å²) in [4.78, 5) is 19.6. The molecule has 3 aromatic carbocycles. The Labute approximate surface area is 204 Å². The number of carbonyl (C=O) groups is 1. The van der Waals surface area contributed by atoms with E-state index in [1.165, 1.54) is 29.8 Å². The Hall–Kier alpha value is -3.93. The van der Waals surface area contributed by atoms with Gasteiger partial charge in [-0.2, -0.15) is 0 Å². The highest BCUT2D eigenvalue weighted by atomic mass is 19.1. The van der Waals surface area contributed by atoms with Gasteiger partial charge in [0.15, 0.2) is 6.61 Å². The minimum atomic E-state index is -0.350. The topological polar surface area (TPSA) is 54.5 Å². The van der Waals surface area contributed by atoms with Gasteiger partial charge < -0.3 is 15.0 Å². The molecule has 4 aromatic rings. The lowest BCUT2D eigenvalue weighted by atomic mass is 9.90. The second-order valence-electron chi connectivity index (χ2n) is 8.96. The number of pyridine rings is 1. The zero-order valence-electron chi connectivity index (χ0n) is 19.5. The quantitative estimate of drug-likeness (QED) is 0.369. The molecule has 1 aromatic heterocycles. The monoisotopic (exact) mass is 469 g/mol. The third-order valence-electron chi connectivity index (χ3n) is 6.46. The summed E-state index contributed by atoms with van der Waals surface area (Å²) in [6, 6.07) is 26.2. The van der Waals surface area contributed by atoms with Crippen molar-refractivity contribution in [3.63, 3.8) is 0 Å². The third-order valence-corrected chi connectivity index (χ3v) is 6.46. The Morgan fingerprint density at radius 3 is 2.49 bits per heavy atom. The van der Waals surface area contributed by atoms with Gasteiger partial charge in [-0.1, -0.05) is 42.5 Å². The molecule has 2 heterocycles. The van der Waals surface area contributed by atoms with Crippen LogP contribution in [0.1, 0.15) is 18.4 Å². The number of rotatable bonds is 7. The third kappa shape index (κ3) is 5.77. The van der Waals surface area contributed by atoms with Crippen molar-refractivity contribution in [3.05, 3.63) is 96.3 Å². The van der Waals surface area contributed by atoms with Crippen molar-refractivity contribution in [2.24, 2.45) is 5.92 Å². The molecule has 1 amide bonds. The maximum absolute atomic E-state index is 13.1. The second-order valence-corrected chi connectivity index (χ2v) is 8.96. The van der Waals surface area contributed by atoms with Crippen LogP contribution in [0, 0.1) is 11.7 Å². The Bertz CT molecular complexity index is 1290. The van der Waals surface area contributed by atoms with E-state index < -0.39 is 0 Å². The summed E-state index contributed by atoms with van der Waals surface area (Å²) in [7, 11) is 0. The van der Waals surface area contributed by atoms with Crippen LogP contribution >= 0.6 is 0 Å². The lowest BCUT2D eigenvalue weighted by Crippen LogP contribution is -2.34. The highest BCUT2D eigenvalue weighted by Gasteiger charge is 2.21. The van der Waals surface area contributed by atoms with Crippen LogP contribution < -0.4 is 15.0 Å². The molecule has 1 fully saturated rings. The molecule has 178 valence electrons. The number of ether oxygens (including phenoxy) is 1. The molecule has 6 heteroatoms. The fourth-order valence-electron chi connectivity index (χ4n) is 4.59. The van der Waals surface area contributed by atoms with Gasteiger partial charge in [0.2, 0.25) is 0 Å². The van der Waals surface area contributed by atoms with Crippen LogP contribution in [0.25, 0.3) is 10.9 Å². The Balaban J connectivity index is 1.22. The number of hydrogen-bond donors (Lipinski definition) is 1. The number of aromatic nitrogens is 1. The highest BCUT2D eigenvalue weighted by Crippen LogP contribution is 2.29. The summed E-state index contributed by atoms with van der Waals surface area (Å²) in [6.45, 7) is 1.78. The largest absolute Gasteiger partial charge is 0.481 e. The molecule has 5 nitrogen and oxygen atoms in total. The number of carbonyl (C=O) groups excluding carboxylic acids is 1. The predicted molar refractivity (Wildman–Crippen MR) is 137 cm³/mol. The van der Waals surface area contributed by atoms with E-state index in [1.807, 2.05) is 18.2 Å². The molecule has 0 saturated carbocycles. The van der Waals surface area contributed by atoms with E-state index in [4.69, 9.17) is 9.72 Å². The van der Waals surface area contributed by atoms with Gasteiger partial charge in [0.25, 0.3) is 5.91 Å². The first-order chi connectivity index (χ1) is 17.1. The van der Waals surface area contributed by atoms with Crippen LogP contribution in [0.3, 0.4) is 0 Å². The van der Waals surface area contributed by atoms with Crippen LogP contribution in [-0.2, 0) is 11.2 Å². The maximum Gasteiger partial charge on any atom is 0.262 e. The molecular weight excluding hydrogens is 441 g/mol. The number of hydrogen-bond acceptors (Lipinski definition) is 4. The van der Waals surface area contributed by atoms with Crippen molar-refractivity contribution < 1.29 is 13.9 Å². The highest BCUT2D eigenvalue weighted by molar-refractivity contribution is 5.92. The molecule has 1 aliphatic rings.